The molecule has 0 aromatic heterocycles. The lowest BCUT2D eigenvalue weighted by molar-refractivity contribution is -0.144. The van der Waals surface area contributed by atoms with Crippen molar-refractivity contribution < 1.29 is 31.5 Å². The molecule has 2 nitrogen and oxygen atoms in total. The van der Waals surface area contributed by atoms with Gasteiger partial charge < -0.3 is 4.74 Å². The van der Waals surface area contributed by atoms with Crippen molar-refractivity contribution in [3.63, 3.8) is 0 Å². The van der Waals surface area contributed by atoms with E-state index in [2.05, 4.69) is 4.74 Å². The minimum absolute atomic E-state index is 0.113. The first-order valence-corrected chi connectivity index (χ1v) is 5.89. The Morgan fingerprint density at radius 1 is 1.30 bits per heavy atom. The smallest absolute Gasteiger partial charge is 0.416 e. The van der Waals surface area contributed by atoms with E-state index >= 15 is 0 Å². The number of hydrogen-bond donors (Lipinski definition) is 0. The minimum atomic E-state index is -4.65. The highest BCUT2D eigenvalue weighted by Crippen LogP contribution is 2.34. The second-order valence-corrected chi connectivity index (χ2v) is 4.02. The molecule has 0 radical (unpaired) electrons. The van der Waals surface area contributed by atoms with Crippen LogP contribution in [0.25, 0.3) is 0 Å². The van der Waals surface area contributed by atoms with Crippen LogP contribution in [0.4, 0.5) is 22.0 Å². The molecule has 1 aromatic rings. The van der Waals surface area contributed by atoms with E-state index in [1.54, 1.807) is 6.92 Å². The lowest BCUT2D eigenvalue weighted by atomic mass is 9.99. The average Bonchev–Trinajstić information content (AvgIpc) is 2.35. The van der Waals surface area contributed by atoms with Gasteiger partial charge in [-0.2, -0.15) is 13.2 Å². The van der Waals surface area contributed by atoms with E-state index in [-0.39, 0.29) is 25.0 Å². The Bertz CT molecular complexity index is 468. The van der Waals surface area contributed by atoms with Crippen LogP contribution in [0.5, 0.6) is 0 Å². The van der Waals surface area contributed by atoms with Crippen molar-refractivity contribution >= 4 is 5.97 Å². The number of ether oxygens (including phenoxy) is 1. The molecule has 0 saturated carbocycles. The van der Waals surface area contributed by atoms with Crippen LogP contribution in [-0.4, -0.2) is 12.6 Å². The highest BCUT2D eigenvalue weighted by Gasteiger charge is 2.33. The molecule has 7 heteroatoms. The highest BCUT2D eigenvalue weighted by molar-refractivity contribution is 5.69. The molecule has 0 atom stereocenters. The predicted molar refractivity (Wildman–Crippen MR) is 61.4 cm³/mol. The van der Waals surface area contributed by atoms with Crippen LogP contribution in [-0.2, 0) is 22.1 Å². The average molecular weight is 296 g/mol. The van der Waals surface area contributed by atoms with Crippen molar-refractivity contribution in [2.45, 2.75) is 32.4 Å². The number of rotatable bonds is 5. The summed E-state index contributed by atoms with van der Waals surface area (Å²) >= 11 is 0. The maximum atomic E-state index is 12.8. The Hall–Kier alpha value is -1.66. The topological polar surface area (TPSA) is 26.3 Å². The summed E-state index contributed by atoms with van der Waals surface area (Å²) in [6, 6.07) is 2.13. The van der Waals surface area contributed by atoms with E-state index in [9.17, 15) is 26.7 Å². The maximum Gasteiger partial charge on any atom is 0.416 e. The van der Waals surface area contributed by atoms with Gasteiger partial charge in [-0.05, 0) is 31.0 Å². The molecule has 0 aliphatic heterocycles. The summed E-state index contributed by atoms with van der Waals surface area (Å²) in [5.74, 6) is -0.664. The first-order chi connectivity index (χ1) is 9.25. The van der Waals surface area contributed by atoms with Gasteiger partial charge in [0.2, 0.25) is 0 Å². The van der Waals surface area contributed by atoms with Gasteiger partial charge >= 0.3 is 12.1 Å². The number of aryl methyl sites for hydroxylation is 1. The molecule has 0 amide bonds. The molecule has 20 heavy (non-hydrogen) atoms. The largest absolute Gasteiger partial charge is 0.466 e. The summed E-state index contributed by atoms with van der Waals surface area (Å²) in [6.45, 7) is 1.68. The third-order valence-corrected chi connectivity index (χ3v) is 2.59. The zero-order valence-corrected chi connectivity index (χ0v) is 10.6. The number of esters is 1. The molecule has 0 aliphatic rings. The standard InChI is InChI=1S/C13H13F5O2/c1-2-20-11(19)6-4-8-7-9(12(14)15)3-5-10(8)13(16,17)18/h3,5,7,12H,2,4,6H2,1H3. The maximum absolute atomic E-state index is 12.8. The van der Waals surface area contributed by atoms with Crippen molar-refractivity contribution in [1.82, 2.24) is 0 Å². The predicted octanol–water partition coefficient (Wildman–Crippen LogP) is 4.14. The summed E-state index contributed by atoms with van der Waals surface area (Å²) in [5, 5.41) is 0. The van der Waals surface area contributed by atoms with Gasteiger partial charge in [-0.3, -0.25) is 4.79 Å². The molecule has 0 spiro atoms. The van der Waals surface area contributed by atoms with Crippen molar-refractivity contribution in [3.05, 3.63) is 34.9 Å². The molecule has 1 aromatic carbocycles. The summed E-state index contributed by atoms with van der Waals surface area (Å²) in [7, 11) is 0. The van der Waals surface area contributed by atoms with Gasteiger partial charge in [0.1, 0.15) is 0 Å². The Kier molecular flexibility index (Phi) is 5.47. The Morgan fingerprint density at radius 2 is 1.95 bits per heavy atom. The molecule has 0 unspecified atom stereocenters. The van der Waals surface area contributed by atoms with Crippen LogP contribution in [0, 0.1) is 0 Å². The molecule has 0 N–H and O–H groups in total. The first kappa shape index (κ1) is 16.4. The Morgan fingerprint density at radius 3 is 2.45 bits per heavy atom. The van der Waals surface area contributed by atoms with E-state index < -0.39 is 29.7 Å². The first-order valence-electron chi connectivity index (χ1n) is 5.89. The summed E-state index contributed by atoms with van der Waals surface area (Å²) < 4.78 is 67.9. The molecule has 0 saturated heterocycles. The van der Waals surface area contributed by atoms with Crippen molar-refractivity contribution in [2.75, 3.05) is 6.61 Å². The van der Waals surface area contributed by atoms with Crippen LogP contribution < -0.4 is 0 Å². The van der Waals surface area contributed by atoms with Crippen molar-refractivity contribution in [3.8, 4) is 0 Å². The van der Waals surface area contributed by atoms with E-state index in [1.165, 1.54) is 0 Å². The molecule has 0 bridgehead atoms. The SMILES string of the molecule is CCOC(=O)CCc1cc(C(F)F)ccc1C(F)(F)F. The van der Waals surface area contributed by atoms with E-state index in [4.69, 9.17) is 0 Å². The third kappa shape index (κ3) is 4.47. The van der Waals surface area contributed by atoms with Gasteiger partial charge in [-0.15, -0.1) is 0 Å². The van der Waals surface area contributed by atoms with E-state index in [0.29, 0.717) is 6.07 Å². The number of alkyl halides is 5. The van der Waals surface area contributed by atoms with Crippen LogP contribution in [0.3, 0.4) is 0 Å². The van der Waals surface area contributed by atoms with Gasteiger partial charge in [0.25, 0.3) is 6.43 Å². The molecule has 1 rings (SSSR count). The minimum Gasteiger partial charge on any atom is -0.466 e. The molecule has 112 valence electrons. The second kappa shape index (κ2) is 6.67. The Balaban J connectivity index is 3.00. The van der Waals surface area contributed by atoms with Gasteiger partial charge in [-0.25, -0.2) is 8.78 Å². The second-order valence-electron chi connectivity index (χ2n) is 4.02. The van der Waals surface area contributed by atoms with Gasteiger partial charge in [0.15, 0.2) is 0 Å². The number of carbonyl (C=O) groups excluding carboxylic acids is 1. The van der Waals surface area contributed by atoms with Crippen molar-refractivity contribution in [1.29, 1.82) is 0 Å². The zero-order chi connectivity index (χ0) is 15.3. The number of halogens is 5. The number of carbonyl (C=O) groups is 1. The molecule has 0 aliphatic carbocycles. The molecule has 0 fully saturated rings. The van der Waals surface area contributed by atoms with Gasteiger partial charge in [-0.1, -0.05) is 6.07 Å². The lowest BCUT2D eigenvalue weighted by Gasteiger charge is -2.14. The van der Waals surface area contributed by atoms with E-state index in [0.717, 1.165) is 12.1 Å². The number of hydrogen-bond acceptors (Lipinski definition) is 2. The fourth-order valence-electron chi connectivity index (χ4n) is 1.70. The van der Waals surface area contributed by atoms with Crippen LogP contribution in [0.1, 0.15) is 36.5 Å². The number of benzene rings is 1. The summed E-state index contributed by atoms with van der Waals surface area (Å²) in [6.07, 6.45) is -8.10. The normalized spacial score (nSPS) is 11.8. The summed E-state index contributed by atoms with van der Waals surface area (Å²) in [5.41, 5.74) is -1.84. The summed E-state index contributed by atoms with van der Waals surface area (Å²) in [4.78, 5) is 11.1. The van der Waals surface area contributed by atoms with Crippen LogP contribution in [0.2, 0.25) is 0 Å². The third-order valence-electron chi connectivity index (χ3n) is 2.59. The monoisotopic (exact) mass is 296 g/mol. The molecular weight excluding hydrogens is 283 g/mol. The quantitative estimate of drug-likeness (QED) is 0.603. The van der Waals surface area contributed by atoms with Crippen LogP contribution in [0.15, 0.2) is 18.2 Å². The van der Waals surface area contributed by atoms with Gasteiger partial charge in [0, 0.05) is 12.0 Å². The van der Waals surface area contributed by atoms with Gasteiger partial charge in [0.05, 0.1) is 12.2 Å². The molecule has 0 heterocycles. The zero-order valence-electron chi connectivity index (χ0n) is 10.6. The molecular formula is C13H13F5O2. The fraction of sp³-hybridized carbons (Fsp3) is 0.462. The lowest BCUT2D eigenvalue weighted by Crippen LogP contribution is -2.12. The highest BCUT2D eigenvalue weighted by atomic mass is 19.4. The fourth-order valence-corrected chi connectivity index (χ4v) is 1.70. The van der Waals surface area contributed by atoms with Crippen LogP contribution >= 0.6 is 0 Å². The van der Waals surface area contributed by atoms with Crippen molar-refractivity contribution in [2.24, 2.45) is 0 Å². The van der Waals surface area contributed by atoms with E-state index in [1.807, 2.05) is 0 Å². The Labute approximate surface area is 112 Å².